The van der Waals surface area contributed by atoms with Gasteiger partial charge < -0.3 is 5.21 Å². The highest BCUT2D eigenvalue weighted by Crippen LogP contribution is 2.34. The smallest absolute Gasteiger partial charge is 0.196 e. The highest BCUT2D eigenvalue weighted by atomic mass is 16.5. The van der Waals surface area contributed by atoms with Gasteiger partial charge in [-0.2, -0.15) is 0 Å². The third kappa shape index (κ3) is 1.83. The maximum atomic E-state index is 12.8. The SMILES string of the molecule is CC1(C)CCC(c2c3ccccc3cc3ccccc23)=[N+]1[O-]. The molecular formula is C20H19NO. The third-order valence-corrected chi connectivity index (χ3v) is 4.83. The minimum atomic E-state index is -0.312. The molecule has 0 fully saturated rings. The van der Waals surface area contributed by atoms with Crippen molar-refractivity contribution in [2.24, 2.45) is 0 Å². The van der Waals surface area contributed by atoms with Crippen molar-refractivity contribution in [3.05, 3.63) is 65.4 Å². The van der Waals surface area contributed by atoms with Crippen molar-refractivity contribution in [1.29, 1.82) is 0 Å². The van der Waals surface area contributed by atoms with Gasteiger partial charge in [0.1, 0.15) is 0 Å². The Morgan fingerprint density at radius 2 is 1.45 bits per heavy atom. The van der Waals surface area contributed by atoms with E-state index in [1.54, 1.807) is 0 Å². The van der Waals surface area contributed by atoms with E-state index in [1.165, 1.54) is 26.3 Å². The first-order valence-electron chi connectivity index (χ1n) is 7.82. The molecule has 0 aliphatic carbocycles. The predicted molar refractivity (Wildman–Crippen MR) is 92.5 cm³/mol. The lowest BCUT2D eigenvalue weighted by atomic mass is 9.92. The Morgan fingerprint density at radius 3 is 1.95 bits per heavy atom. The minimum Gasteiger partial charge on any atom is -0.623 e. The van der Waals surface area contributed by atoms with Gasteiger partial charge >= 0.3 is 0 Å². The molecule has 22 heavy (non-hydrogen) atoms. The lowest BCUT2D eigenvalue weighted by Gasteiger charge is -2.19. The molecule has 4 rings (SSSR count). The average molecular weight is 289 g/mol. The first-order valence-corrected chi connectivity index (χ1v) is 7.82. The van der Waals surface area contributed by atoms with Crippen LogP contribution in [0.5, 0.6) is 0 Å². The standard InChI is InChI=1S/C20H19NO/c1-20(2)12-11-18(21(20)22)19-16-9-5-3-7-14(16)13-15-8-4-6-10-17(15)19/h3-10,13H,11-12H2,1-2H3. The largest absolute Gasteiger partial charge is 0.623 e. The molecule has 1 heterocycles. The second kappa shape index (κ2) is 4.57. The van der Waals surface area contributed by atoms with Crippen LogP contribution in [-0.4, -0.2) is 16.0 Å². The molecule has 3 aromatic carbocycles. The van der Waals surface area contributed by atoms with Gasteiger partial charge in [-0.3, -0.25) is 0 Å². The topological polar surface area (TPSA) is 26.1 Å². The Balaban J connectivity index is 2.17. The lowest BCUT2D eigenvalue weighted by Crippen LogP contribution is -2.29. The summed E-state index contributed by atoms with van der Waals surface area (Å²) < 4.78 is 1.24. The zero-order valence-corrected chi connectivity index (χ0v) is 13.0. The summed E-state index contributed by atoms with van der Waals surface area (Å²) in [6.07, 6.45) is 1.75. The molecule has 3 aromatic rings. The van der Waals surface area contributed by atoms with Crippen LogP contribution in [0.4, 0.5) is 0 Å². The van der Waals surface area contributed by atoms with Gasteiger partial charge in [0.2, 0.25) is 0 Å². The van der Waals surface area contributed by atoms with E-state index in [1.807, 2.05) is 13.8 Å². The zero-order valence-electron chi connectivity index (χ0n) is 13.0. The monoisotopic (exact) mass is 289 g/mol. The van der Waals surface area contributed by atoms with E-state index in [4.69, 9.17) is 0 Å². The van der Waals surface area contributed by atoms with Crippen LogP contribution in [0.1, 0.15) is 32.3 Å². The molecule has 0 amide bonds. The lowest BCUT2D eigenvalue weighted by molar-refractivity contribution is -0.530. The van der Waals surface area contributed by atoms with E-state index in [9.17, 15) is 5.21 Å². The first kappa shape index (κ1) is 13.3. The molecule has 0 aromatic heterocycles. The van der Waals surface area contributed by atoms with Crippen molar-refractivity contribution in [3.63, 3.8) is 0 Å². The molecule has 0 N–H and O–H groups in total. The number of hydroxylamine groups is 1. The molecule has 0 saturated carbocycles. The van der Waals surface area contributed by atoms with Crippen LogP contribution >= 0.6 is 0 Å². The Kier molecular flexibility index (Phi) is 2.77. The van der Waals surface area contributed by atoms with Crippen molar-refractivity contribution in [2.75, 3.05) is 0 Å². The van der Waals surface area contributed by atoms with Crippen molar-refractivity contribution in [3.8, 4) is 0 Å². The molecule has 1 aliphatic rings. The fraction of sp³-hybridized carbons (Fsp3) is 0.250. The van der Waals surface area contributed by atoms with E-state index >= 15 is 0 Å². The number of rotatable bonds is 1. The van der Waals surface area contributed by atoms with Crippen LogP contribution in [0.15, 0.2) is 54.6 Å². The summed E-state index contributed by atoms with van der Waals surface area (Å²) in [7, 11) is 0. The summed E-state index contributed by atoms with van der Waals surface area (Å²) in [5.41, 5.74) is 1.74. The normalized spacial score (nSPS) is 17.5. The second-order valence-electron chi connectivity index (χ2n) is 6.75. The van der Waals surface area contributed by atoms with Gasteiger partial charge in [-0.25, -0.2) is 4.74 Å². The molecule has 1 aliphatic heterocycles. The van der Waals surface area contributed by atoms with Crippen LogP contribution in [0.2, 0.25) is 0 Å². The Bertz CT molecular complexity index is 867. The Hall–Kier alpha value is -2.35. The van der Waals surface area contributed by atoms with E-state index < -0.39 is 0 Å². The summed E-state index contributed by atoms with van der Waals surface area (Å²) in [5, 5.41) is 17.5. The number of hydrogen-bond acceptors (Lipinski definition) is 1. The molecule has 0 atom stereocenters. The fourth-order valence-corrected chi connectivity index (χ4v) is 3.54. The molecule has 2 heteroatoms. The maximum Gasteiger partial charge on any atom is 0.196 e. The van der Waals surface area contributed by atoms with Crippen LogP contribution in [-0.2, 0) is 0 Å². The van der Waals surface area contributed by atoms with Crippen molar-refractivity contribution >= 4 is 27.3 Å². The second-order valence-corrected chi connectivity index (χ2v) is 6.75. The Labute approximate surface area is 130 Å². The summed E-state index contributed by atoms with van der Waals surface area (Å²) in [6, 6.07) is 18.9. The minimum absolute atomic E-state index is 0.312. The number of hydrogen-bond donors (Lipinski definition) is 0. The highest BCUT2D eigenvalue weighted by Gasteiger charge is 2.38. The van der Waals surface area contributed by atoms with Crippen LogP contribution < -0.4 is 0 Å². The van der Waals surface area contributed by atoms with Crippen LogP contribution in [0, 0.1) is 5.21 Å². The van der Waals surface area contributed by atoms with Gasteiger partial charge in [0.25, 0.3) is 0 Å². The van der Waals surface area contributed by atoms with Crippen LogP contribution in [0.3, 0.4) is 0 Å². The summed E-state index contributed by atoms with van der Waals surface area (Å²) in [6.45, 7) is 4.06. The van der Waals surface area contributed by atoms with Crippen molar-refractivity contribution < 1.29 is 4.74 Å². The molecule has 0 spiro atoms. The Morgan fingerprint density at radius 1 is 0.909 bits per heavy atom. The third-order valence-electron chi connectivity index (χ3n) is 4.83. The number of nitrogens with zero attached hydrogens (tertiary/aromatic N) is 1. The van der Waals surface area contributed by atoms with Gasteiger partial charge in [-0.15, -0.1) is 0 Å². The van der Waals surface area contributed by atoms with Gasteiger partial charge in [-0.1, -0.05) is 48.5 Å². The molecule has 0 unspecified atom stereocenters. The van der Waals surface area contributed by atoms with E-state index in [2.05, 4.69) is 54.6 Å². The first-order chi connectivity index (χ1) is 10.6. The maximum absolute atomic E-state index is 12.8. The van der Waals surface area contributed by atoms with Gasteiger partial charge in [0.05, 0.1) is 5.56 Å². The molecule has 110 valence electrons. The van der Waals surface area contributed by atoms with E-state index in [-0.39, 0.29) is 5.54 Å². The fourth-order valence-electron chi connectivity index (χ4n) is 3.54. The van der Waals surface area contributed by atoms with E-state index in [0.29, 0.717) is 0 Å². The molecule has 0 saturated heterocycles. The predicted octanol–water partition coefficient (Wildman–Crippen LogP) is 4.86. The summed E-state index contributed by atoms with van der Waals surface area (Å²) >= 11 is 0. The highest BCUT2D eigenvalue weighted by molar-refractivity contribution is 6.19. The van der Waals surface area contributed by atoms with Crippen LogP contribution in [0.25, 0.3) is 21.5 Å². The zero-order chi connectivity index (χ0) is 15.3. The molecular weight excluding hydrogens is 270 g/mol. The van der Waals surface area contributed by atoms with Crippen molar-refractivity contribution in [2.45, 2.75) is 32.2 Å². The number of benzene rings is 3. The molecule has 2 nitrogen and oxygen atoms in total. The average Bonchev–Trinajstić information content (AvgIpc) is 2.79. The van der Waals surface area contributed by atoms with Gasteiger partial charge in [-0.05, 0) is 27.6 Å². The quantitative estimate of drug-likeness (QED) is 0.357. The summed E-state index contributed by atoms with van der Waals surface area (Å²) in [4.78, 5) is 0. The van der Waals surface area contributed by atoms with E-state index in [0.717, 1.165) is 24.1 Å². The van der Waals surface area contributed by atoms with Crippen molar-refractivity contribution in [1.82, 2.24) is 0 Å². The van der Waals surface area contributed by atoms with Gasteiger partial charge in [0, 0.05) is 26.7 Å². The number of fused-ring (bicyclic) bond motifs is 2. The molecule has 0 bridgehead atoms. The summed E-state index contributed by atoms with van der Waals surface area (Å²) in [5.74, 6) is 0. The van der Waals surface area contributed by atoms with Gasteiger partial charge in [0.15, 0.2) is 11.3 Å². The molecule has 0 radical (unpaired) electrons.